The quantitative estimate of drug-likeness (QED) is 0.783. The molecule has 2 heterocycles. The first-order chi connectivity index (χ1) is 12.7. The molecule has 0 aromatic heterocycles. The molecule has 5 heteroatoms. The zero-order valence-corrected chi connectivity index (χ0v) is 15.6. The van der Waals surface area contributed by atoms with Crippen molar-refractivity contribution in [3.8, 4) is 0 Å². The summed E-state index contributed by atoms with van der Waals surface area (Å²) in [5.74, 6) is 1.36. The van der Waals surface area contributed by atoms with E-state index in [1.807, 2.05) is 73.3 Å². The van der Waals surface area contributed by atoms with Crippen LogP contribution in [0.15, 0.2) is 54.6 Å². The first-order valence-electron chi connectivity index (χ1n) is 8.98. The second kappa shape index (κ2) is 7.25. The Morgan fingerprint density at radius 1 is 0.885 bits per heavy atom. The average Bonchev–Trinajstić information content (AvgIpc) is 2.94. The van der Waals surface area contributed by atoms with Crippen LogP contribution in [0, 0.1) is 6.92 Å². The van der Waals surface area contributed by atoms with E-state index in [0.717, 1.165) is 35.7 Å². The molecule has 0 bridgehead atoms. The van der Waals surface area contributed by atoms with Gasteiger partial charge >= 0.3 is 0 Å². The third-order valence-corrected chi connectivity index (χ3v) is 6.11. The molecular weight excluding hydrogens is 344 g/mol. The molecule has 0 saturated carbocycles. The van der Waals surface area contributed by atoms with E-state index in [4.69, 9.17) is 0 Å². The van der Waals surface area contributed by atoms with E-state index in [9.17, 15) is 9.59 Å². The minimum atomic E-state index is -0.437. The van der Waals surface area contributed by atoms with Gasteiger partial charge in [-0.3, -0.25) is 14.5 Å². The molecule has 2 aromatic rings. The van der Waals surface area contributed by atoms with Crippen LogP contribution >= 0.6 is 11.8 Å². The molecule has 2 aromatic carbocycles. The van der Waals surface area contributed by atoms with Crippen molar-refractivity contribution in [2.75, 3.05) is 29.5 Å². The molecule has 2 fully saturated rings. The van der Waals surface area contributed by atoms with E-state index in [1.165, 1.54) is 4.90 Å². The lowest BCUT2D eigenvalue weighted by Crippen LogP contribution is -2.47. The highest BCUT2D eigenvalue weighted by Gasteiger charge is 2.51. The number of imide groups is 1. The molecule has 2 amide bonds. The molecule has 0 spiro atoms. The maximum absolute atomic E-state index is 13.3. The molecule has 2 aliphatic rings. The normalized spacial score (nSPS) is 24.3. The molecule has 2 aliphatic heterocycles. The fourth-order valence-electron chi connectivity index (χ4n) is 3.81. The van der Waals surface area contributed by atoms with Crippen molar-refractivity contribution in [1.29, 1.82) is 0 Å². The largest absolute Gasteiger partial charge is 0.289 e. The van der Waals surface area contributed by atoms with Gasteiger partial charge in [-0.25, -0.2) is 4.90 Å². The number of anilines is 1. The van der Waals surface area contributed by atoms with Gasteiger partial charge in [0.1, 0.15) is 6.04 Å². The third-order valence-electron chi connectivity index (χ3n) is 5.17. The summed E-state index contributed by atoms with van der Waals surface area (Å²) < 4.78 is 0. The zero-order chi connectivity index (χ0) is 18.1. The van der Waals surface area contributed by atoms with Crippen molar-refractivity contribution in [1.82, 2.24) is 4.90 Å². The number of hydrogen-bond acceptors (Lipinski definition) is 4. The number of hydrogen-bond donors (Lipinski definition) is 0. The second-order valence-corrected chi connectivity index (χ2v) is 8.05. The predicted molar refractivity (Wildman–Crippen MR) is 106 cm³/mol. The minimum absolute atomic E-state index is 0.0976. The Hall–Kier alpha value is -2.11. The predicted octanol–water partition coefficient (Wildman–Crippen LogP) is 3.07. The Morgan fingerprint density at radius 2 is 1.54 bits per heavy atom. The van der Waals surface area contributed by atoms with Gasteiger partial charge in [-0.15, -0.1) is 0 Å². The first kappa shape index (κ1) is 17.3. The van der Waals surface area contributed by atoms with E-state index in [2.05, 4.69) is 4.90 Å². The van der Waals surface area contributed by atoms with Gasteiger partial charge in [0, 0.05) is 24.6 Å². The van der Waals surface area contributed by atoms with Gasteiger partial charge in [-0.2, -0.15) is 11.8 Å². The minimum Gasteiger partial charge on any atom is -0.289 e. The second-order valence-electron chi connectivity index (χ2n) is 6.83. The molecule has 2 atom stereocenters. The van der Waals surface area contributed by atoms with Crippen LogP contribution in [0.4, 0.5) is 5.69 Å². The van der Waals surface area contributed by atoms with Gasteiger partial charge in [0.25, 0.3) is 5.91 Å². The summed E-state index contributed by atoms with van der Waals surface area (Å²) in [5, 5.41) is 0. The third kappa shape index (κ3) is 3.06. The first-order valence-corrected chi connectivity index (χ1v) is 10.1. The molecule has 0 radical (unpaired) electrons. The zero-order valence-electron chi connectivity index (χ0n) is 14.8. The van der Waals surface area contributed by atoms with Crippen LogP contribution in [0.2, 0.25) is 0 Å². The van der Waals surface area contributed by atoms with Crippen LogP contribution in [-0.4, -0.2) is 47.4 Å². The van der Waals surface area contributed by atoms with Crippen LogP contribution in [0.5, 0.6) is 0 Å². The molecule has 0 aliphatic carbocycles. The van der Waals surface area contributed by atoms with Gasteiger partial charge in [0.05, 0.1) is 11.6 Å². The number of benzene rings is 2. The summed E-state index contributed by atoms with van der Waals surface area (Å²) in [6.45, 7) is 3.69. The topological polar surface area (TPSA) is 40.6 Å². The van der Waals surface area contributed by atoms with Crippen molar-refractivity contribution in [3.05, 3.63) is 65.7 Å². The number of thioether (sulfide) groups is 1. The molecule has 26 heavy (non-hydrogen) atoms. The van der Waals surface area contributed by atoms with Gasteiger partial charge < -0.3 is 0 Å². The van der Waals surface area contributed by atoms with Crippen LogP contribution in [0.3, 0.4) is 0 Å². The summed E-state index contributed by atoms with van der Waals surface area (Å²) in [6, 6.07) is 16.9. The molecule has 134 valence electrons. The highest BCUT2D eigenvalue weighted by atomic mass is 32.2. The van der Waals surface area contributed by atoms with E-state index < -0.39 is 12.0 Å². The average molecular weight is 366 g/mol. The van der Waals surface area contributed by atoms with Crippen LogP contribution in [0.25, 0.3) is 0 Å². The van der Waals surface area contributed by atoms with Crippen LogP contribution in [0.1, 0.15) is 17.0 Å². The SMILES string of the molecule is Cc1ccc(N2C(=O)[C@H](c3ccccc3)[C@@H](N3CCSCC3)C2=O)cc1. The van der Waals surface area contributed by atoms with Gasteiger partial charge in [-0.05, 0) is 24.6 Å². The molecule has 4 nitrogen and oxygen atoms in total. The Morgan fingerprint density at radius 3 is 2.19 bits per heavy atom. The fraction of sp³-hybridized carbons (Fsp3) is 0.333. The number of rotatable bonds is 3. The van der Waals surface area contributed by atoms with Crippen LogP contribution < -0.4 is 4.90 Å². The van der Waals surface area contributed by atoms with Crippen molar-refractivity contribution in [3.63, 3.8) is 0 Å². The summed E-state index contributed by atoms with van der Waals surface area (Å²) >= 11 is 1.90. The fourth-order valence-corrected chi connectivity index (χ4v) is 4.75. The van der Waals surface area contributed by atoms with E-state index in [0.29, 0.717) is 5.69 Å². The van der Waals surface area contributed by atoms with Crippen molar-refractivity contribution in [2.24, 2.45) is 0 Å². The van der Waals surface area contributed by atoms with Crippen molar-refractivity contribution < 1.29 is 9.59 Å². The maximum atomic E-state index is 13.3. The monoisotopic (exact) mass is 366 g/mol. The molecular formula is C21H22N2O2S. The lowest BCUT2D eigenvalue weighted by Gasteiger charge is -2.33. The summed E-state index contributed by atoms with van der Waals surface area (Å²) in [4.78, 5) is 30.3. The standard InChI is InChI=1S/C21H22N2O2S/c1-15-7-9-17(10-8-15)23-20(24)18(16-5-3-2-4-6-16)19(21(23)25)22-11-13-26-14-12-22/h2-10,18-19H,11-14H2,1H3/t18-,19-/m1/s1. The molecule has 0 unspecified atom stereocenters. The summed E-state index contributed by atoms with van der Waals surface area (Å²) in [7, 11) is 0. The van der Waals surface area contributed by atoms with Gasteiger partial charge in [0.2, 0.25) is 5.91 Å². The Labute approximate surface area is 158 Å². The van der Waals surface area contributed by atoms with Gasteiger partial charge in [0.15, 0.2) is 0 Å². The van der Waals surface area contributed by atoms with Gasteiger partial charge in [-0.1, -0.05) is 48.0 Å². The van der Waals surface area contributed by atoms with E-state index >= 15 is 0 Å². The number of amides is 2. The Bertz CT molecular complexity index is 801. The lowest BCUT2D eigenvalue weighted by atomic mass is 9.92. The Kier molecular flexibility index (Phi) is 4.83. The number of aryl methyl sites for hydroxylation is 1. The summed E-state index contributed by atoms with van der Waals surface area (Å²) in [5.41, 5.74) is 2.70. The molecule has 4 rings (SSSR count). The Balaban J connectivity index is 1.75. The smallest absolute Gasteiger partial charge is 0.252 e. The van der Waals surface area contributed by atoms with Crippen LogP contribution in [-0.2, 0) is 9.59 Å². The summed E-state index contributed by atoms with van der Waals surface area (Å²) in [6.07, 6.45) is 0. The van der Waals surface area contributed by atoms with Crippen molar-refractivity contribution >= 4 is 29.3 Å². The van der Waals surface area contributed by atoms with E-state index in [1.54, 1.807) is 0 Å². The lowest BCUT2D eigenvalue weighted by molar-refractivity contribution is -0.122. The number of carbonyl (C=O) groups excluding carboxylic acids is 2. The maximum Gasteiger partial charge on any atom is 0.252 e. The van der Waals surface area contributed by atoms with Crippen molar-refractivity contribution in [2.45, 2.75) is 18.9 Å². The molecule has 0 N–H and O–H groups in total. The highest BCUT2D eigenvalue weighted by molar-refractivity contribution is 7.99. The van der Waals surface area contributed by atoms with E-state index in [-0.39, 0.29) is 11.8 Å². The number of nitrogens with zero attached hydrogens (tertiary/aromatic N) is 2. The molecule has 2 saturated heterocycles. The highest BCUT2D eigenvalue weighted by Crippen LogP contribution is 2.37. The number of carbonyl (C=O) groups is 2.